The third-order valence-corrected chi connectivity index (χ3v) is 6.05. The SMILES string of the molecule is [B]CCCCCC(=O)N1CCN(CC(=O)NC2=NCc3ccccc3S2)CC1. The zero-order valence-corrected chi connectivity index (χ0v) is 17.0. The monoisotopic (exact) mass is 398 g/mol. The van der Waals surface area contributed by atoms with E-state index >= 15 is 0 Å². The normalized spacial score (nSPS) is 17.0. The molecule has 2 amide bonds. The number of carbonyl (C=O) groups is 2. The highest BCUT2D eigenvalue weighted by Gasteiger charge is 2.23. The van der Waals surface area contributed by atoms with Gasteiger partial charge in [-0.3, -0.25) is 19.5 Å². The summed E-state index contributed by atoms with van der Waals surface area (Å²) < 4.78 is 0. The molecular formula is C20H27BN4O2S. The third-order valence-electron chi connectivity index (χ3n) is 5.01. The molecule has 2 radical (unpaired) electrons. The van der Waals surface area contributed by atoms with Crippen molar-refractivity contribution in [1.29, 1.82) is 0 Å². The summed E-state index contributed by atoms with van der Waals surface area (Å²) in [6.45, 7) is 3.76. The Hall–Kier alpha value is -1.80. The second kappa shape index (κ2) is 10.7. The van der Waals surface area contributed by atoms with Crippen LogP contribution in [-0.2, 0) is 16.1 Å². The predicted molar refractivity (Wildman–Crippen MR) is 114 cm³/mol. The van der Waals surface area contributed by atoms with Gasteiger partial charge >= 0.3 is 0 Å². The molecule has 8 heteroatoms. The number of rotatable bonds is 7. The van der Waals surface area contributed by atoms with Crippen LogP contribution in [0.5, 0.6) is 0 Å². The lowest BCUT2D eigenvalue weighted by Crippen LogP contribution is -2.51. The fourth-order valence-electron chi connectivity index (χ4n) is 3.37. The van der Waals surface area contributed by atoms with Crippen LogP contribution in [0.25, 0.3) is 0 Å². The van der Waals surface area contributed by atoms with Crippen molar-refractivity contribution in [3.8, 4) is 0 Å². The average molecular weight is 398 g/mol. The minimum Gasteiger partial charge on any atom is -0.340 e. The summed E-state index contributed by atoms with van der Waals surface area (Å²) in [7, 11) is 5.48. The molecule has 28 heavy (non-hydrogen) atoms. The molecule has 2 aliphatic heterocycles. The second-order valence-electron chi connectivity index (χ2n) is 7.14. The number of amides is 2. The Morgan fingerprint density at radius 3 is 2.68 bits per heavy atom. The predicted octanol–water partition coefficient (Wildman–Crippen LogP) is 2.06. The number of thioether (sulfide) groups is 1. The zero-order valence-electron chi connectivity index (χ0n) is 16.2. The molecule has 1 saturated heterocycles. The first kappa shape index (κ1) is 20.9. The number of hydrogen-bond acceptors (Lipinski definition) is 5. The molecule has 2 aliphatic rings. The molecule has 1 aromatic rings. The number of hydrogen-bond donors (Lipinski definition) is 1. The van der Waals surface area contributed by atoms with Gasteiger partial charge in [0.15, 0.2) is 5.17 Å². The van der Waals surface area contributed by atoms with Gasteiger partial charge in [0.05, 0.1) is 20.9 Å². The Labute approximate surface area is 172 Å². The van der Waals surface area contributed by atoms with Gasteiger partial charge in [-0.25, -0.2) is 0 Å². The van der Waals surface area contributed by atoms with Crippen molar-refractivity contribution < 1.29 is 9.59 Å². The summed E-state index contributed by atoms with van der Waals surface area (Å²) in [5, 5.41) is 3.58. The summed E-state index contributed by atoms with van der Waals surface area (Å²) in [5.41, 5.74) is 1.19. The van der Waals surface area contributed by atoms with E-state index < -0.39 is 0 Å². The standard InChI is InChI=1S/C20H27BN4O2S/c21-9-5-1-2-8-19(27)25-12-10-24(11-13-25)15-18(26)23-20-22-14-16-6-3-4-7-17(16)28-20/h3-4,6-7H,1-2,5,8-15H2,(H,22,23,26). The lowest BCUT2D eigenvalue weighted by Gasteiger charge is -2.34. The number of amidine groups is 1. The molecule has 2 heterocycles. The average Bonchev–Trinajstić information content (AvgIpc) is 2.71. The van der Waals surface area contributed by atoms with E-state index in [2.05, 4.69) is 21.3 Å². The highest BCUT2D eigenvalue weighted by molar-refractivity contribution is 8.14. The summed E-state index contributed by atoms with van der Waals surface area (Å²) in [6.07, 6.45) is 4.17. The molecule has 6 nitrogen and oxygen atoms in total. The number of nitrogens with zero attached hydrogens (tertiary/aromatic N) is 3. The van der Waals surface area contributed by atoms with Gasteiger partial charge in [0, 0.05) is 37.5 Å². The van der Waals surface area contributed by atoms with E-state index in [-0.39, 0.29) is 11.8 Å². The van der Waals surface area contributed by atoms with Crippen LogP contribution in [0.3, 0.4) is 0 Å². The Balaban J connectivity index is 1.36. The summed E-state index contributed by atoms with van der Waals surface area (Å²) >= 11 is 1.50. The number of fused-ring (bicyclic) bond motifs is 1. The fourth-order valence-corrected chi connectivity index (χ4v) is 4.28. The Morgan fingerprint density at radius 1 is 1.11 bits per heavy atom. The van der Waals surface area contributed by atoms with Gasteiger partial charge in [-0.1, -0.05) is 49.1 Å². The van der Waals surface area contributed by atoms with Crippen LogP contribution >= 0.6 is 11.8 Å². The largest absolute Gasteiger partial charge is 0.340 e. The van der Waals surface area contributed by atoms with Crippen LogP contribution in [0.2, 0.25) is 6.32 Å². The maximum absolute atomic E-state index is 12.4. The maximum atomic E-state index is 12.4. The van der Waals surface area contributed by atoms with Crippen LogP contribution < -0.4 is 5.32 Å². The molecule has 0 aromatic heterocycles. The molecule has 0 unspecified atom stereocenters. The minimum absolute atomic E-state index is 0.0489. The van der Waals surface area contributed by atoms with Crippen LogP contribution in [0.4, 0.5) is 0 Å². The maximum Gasteiger partial charge on any atom is 0.240 e. The fraction of sp³-hybridized carbons (Fsp3) is 0.550. The zero-order chi connectivity index (χ0) is 19.8. The summed E-state index contributed by atoms with van der Waals surface area (Å²) in [4.78, 5) is 34.2. The molecule has 0 spiro atoms. The van der Waals surface area contributed by atoms with Crippen LogP contribution in [0.1, 0.15) is 31.2 Å². The van der Waals surface area contributed by atoms with Crippen molar-refractivity contribution in [2.45, 2.75) is 43.4 Å². The molecule has 1 N–H and O–H groups in total. The van der Waals surface area contributed by atoms with Gasteiger partial charge < -0.3 is 10.2 Å². The quantitative estimate of drug-likeness (QED) is 0.564. The van der Waals surface area contributed by atoms with Crippen LogP contribution in [0, 0.1) is 0 Å². The first-order valence-electron chi connectivity index (χ1n) is 9.96. The lowest BCUT2D eigenvalue weighted by atomic mass is 9.99. The first-order chi connectivity index (χ1) is 13.7. The highest BCUT2D eigenvalue weighted by atomic mass is 32.2. The molecule has 148 valence electrons. The van der Waals surface area contributed by atoms with Gasteiger partial charge in [-0.15, -0.1) is 0 Å². The minimum atomic E-state index is -0.0489. The number of benzene rings is 1. The molecule has 0 saturated carbocycles. The Morgan fingerprint density at radius 2 is 1.89 bits per heavy atom. The van der Waals surface area contributed by atoms with Gasteiger partial charge in [-0.05, 0) is 18.1 Å². The van der Waals surface area contributed by atoms with Crippen molar-refractivity contribution in [3.05, 3.63) is 29.8 Å². The number of unbranched alkanes of at least 4 members (excludes halogenated alkanes) is 2. The van der Waals surface area contributed by atoms with Crippen molar-refractivity contribution >= 4 is 36.6 Å². The second-order valence-corrected chi connectivity index (χ2v) is 8.17. The van der Waals surface area contributed by atoms with Gasteiger partial charge in [-0.2, -0.15) is 0 Å². The first-order valence-corrected chi connectivity index (χ1v) is 10.8. The van der Waals surface area contributed by atoms with E-state index in [1.165, 1.54) is 17.3 Å². The molecule has 0 bridgehead atoms. The van der Waals surface area contributed by atoms with E-state index in [1.807, 2.05) is 23.1 Å². The molecule has 1 aromatic carbocycles. The van der Waals surface area contributed by atoms with Crippen LogP contribution in [0.15, 0.2) is 34.2 Å². The van der Waals surface area contributed by atoms with E-state index in [0.29, 0.717) is 44.1 Å². The summed E-state index contributed by atoms with van der Waals surface area (Å²) in [5.74, 6) is 0.167. The number of piperazine rings is 1. The topological polar surface area (TPSA) is 65.0 Å². The Bertz CT molecular complexity index is 720. The van der Waals surface area contributed by atoms with E-state index in [9.17, 15) is 9.59 Å². The van der Waals surface area contributed by atoms with Gasteiger partial charge in [0.1, 0.15) is 0 Å². The van der Waals surface area contributed by atoms with Crippen LogP contribution in [-0.4, -0.2) is 67.4 Å². The molecular weight excluding hydrogens is 371 g/mol. The van der Waals surface area contributed by atoms with Crippen molar-refractivity contribution in [1.82, 2.24) is 15.1 Å². The highest BCUT2D eigenvalue weighted by Crippen LogP contribution is 2.27. The third kappa shape index (κ3) is 6.11. The van der Waals surface area contributed by atoms with Gasteiger partial charge in [0.25, 0.3) is 0 Å². The summed E-state index contributed by atoms with van der Waals surface area (Å²) in [6, 6.07) is 8.11. The van der Waals surface area contributed by atoms with Gasteiger partial charge in [0.2, 0.25) is 11.8 Å². The smallest absolute Gasteiger partial charge is 0.240 e. The number of aliphatic imine (C=N–C) groups is 1. The van der Waals surface area contributed by atoms with Crippen molar-refractivity contribution in [2.24, 2.45) is 4.99 Å². The molecule has 0 aliphatic carbocycles. The Kier molecular flexibility index (Phi) is 7.97. The van der Waals surface area contributed by atoms with E-state index in [4.69, 9.17) is 7.85 Å². The molecule has 1 fully saturated rings. The molecule has 3 rings (SSSR count). The number of carbonyl (C=O) groups excluding carboxylic acids is 2. The van der Waals surface area contributed by atoms with Crippen molar-refractivity contribution in [2.75, 3.05) is 32.7 Å². The lowest BCUT2D eigenvalue weighted by molar-refractivity contribution is -0.133. The molecule has 0 atom stereocenters. The number of nitrogens with one attached hydrogen (secondary N) is 1. The van der Waals surface area contributed by atoms with E-state index in [0.717, 1.165) is 37.2 Å². The van der Waals surface area contributed by atoms with E-state index in [1.54, 1.807) is 0 Å². The van der Waals surface area contributed by atoms with Crippen molar-refractivity contribution in [3.63, 3.8) is 0 Å².